The van der Waals surface area contributed by atoms with Gasteiger partial charge in [0.15, 0.2) is 11.0 Å². The van der Waals surface area contributed by atoms with E-state index >= 15 is 0 Å². The van der Waals surface area contributed by atoms with Crippen LogP contribution < -0.4 is 5.32 Å². The zero-order valence-electron chi connectivity index (χ0n) is 15.5. The number of allylic oxidation sites excluding steroid dienone is 1. The van der Waals surface area contributed by atoms with Crippen LogP contribution in [0.25, 0.3) is 11.4 Å². The van der Waals surface area contributed by atoms with Gasteiger partial charge in [0.1, 0.15) is 0 Å². The maximum atomic E-state index is 12.3. The molecule has 3 rings (SSSR count). The van der Waals surface area contributed by atoms with Crippen molar-refractivity contribution in [3.63, 3.8) is 0 Å². The average molecular weight is 379 g/mol. The van der Waals surface area contributed by atoms with Gasteiger partial charge in [-0.3, -0.25) is 9.36 Å². The smallest absolute Gasteiger partial charge is 0.234 e. The molecule has 3 aromatic rings. The van der Waals surface area contributed by atoms with Crippen molar-refractivity contribution in [2.75, 3.05) is 11.1 Å². The maximum Gasteiger partial charge on any atom is 0.234 e. The van der Waals surface area contributed by atoms with E-state index in [0.29, 0.717) is 11.7 Å². The molecule has 0 aliphatic rings. The lowest BCUT2D eigenvalue weighted by atomic mass is 10.1. The number of rotatable bonds is 7. The van der Waals surface area contributed by atoms with Gasteiger partial charge in [-0.15, -0.1) is 16.8 Å². The number of hydrogen-bond donors (Lipinski definition) is 1. The molecule has 0 radical (unpaired) electrons. The summed E-state index contributed by atoms with van der Waals surface area (Å²) >= 11 is 1.37. The summed E-state index contributed by atoms with van der Waals surface area (Å²) in [6.07, 6.45) is 1.81. The number of aryl methyl sites for hydroxylation is 2. The number of carbonyl (C=O) groups excluding carboxylic acids is 1. The summed E-state index contributed by atoms with van der Waals surface area (Å²) in [5.74, 6) is 0.970. The van der Waals surface area contributed by atoms with Gasteiger partial charge in [-0.2, -0.15) is 0 Å². The predicted molar refractivity (Wildman–Crippen MR) is 111 cm³/mol. The van der Waals surface area contributed by atoms with E-state index in [-0.39, 0.29) is 11.7 Å². The molecule has 0 aliphatic heterocycles. The molecule has 0 atom stereocenters. The lowest BCUT2D eigenvalue weighted by Crippen LogP contribution is -2.15. The maximum absolute atomic E-state index is 12.3. The molecular formula is C21H22N4OS. The van der Waals surface area contributed by atoms with E-state index in [0.717, 1.165) is 28.2 Å². The number of hydrogen-bond acceptors (Lipinski definition) is 4. The minimum absolute atomic E-state index is 0.0699. The van der Waals surface area contributed by atoms with Gasteiger partial charge in [0.2, 0.25) is 5.91 Å². The summed E-state index contributed by atoms with van der Waals surface area (Å²) in [7, 11) is 0. The number of carbonyl (C=O) groups is 1. The summed E-state index contributed by atoms with van der Waals surface area (Å²) in [6, 6.07) is 15.8. The Hall–Kier alpha value is -2.86. The van der Waals surface area contributed by atoms with Crippen LogP contribution in [-0.4, -0.2) is 26.4 Å². The third kappa shape index (κ3) is 4.65. The van der Waals surface area contributed by atoms with Crippen LogP contribution in [0.3, 0.4) is 0 Å². The van der Waals surface area contributed by atoms with Crippen LogP contribution in [0.5, 0.6) is 0 Å². The van der Waals surface area contributed by atoms with Crippen molar-refractivity contribution in [1.82, 2.24) is 14.8 Å². The zero-order valence-corrected chi connectivity index (χ0v) is 16.3. The van der Waals surface area contributed by atoms with Crippen LogP contribution in [0, 0.1) is 13.8 Å². The van der Waals surface area contributed by atoms with Gasteiger partial charge in [0, 0.05) is 17.8 Å². The highest BCUT2D eigenvalue weighted by Gasteiger charge is 2.15. The minimum atomic E-state index is -0.0699. The van der Waals surface area contributed by atoms with Crippen LogP contribution in [0.4, 0.5) is 5.69 Å². The van der Waals surface area contributed by atoms with E-state index in [1.165, 1.54) is 11.8 Å². The molecular weight excluding hydrogens is 356 g/mol. The molecule has 1 amide bonds. The summed E-state index contributed by atoms with van der Waals surface area (Å²) in [5, 5.41) is 12.3. The van der Waals surface area contributed by atoms with Gasteiger partial charge >= 0.3 is 0 Å². The molecule has 0 bridgehead atoms. The van der Waals surface area contributed by atoms with Gasteiger partial charge in [-0.05, 0) is 31.5 Å². The molecule has 5 nitrogen and oxygen atoms in total. The molecule has 0 spiro atoms. The van der Waals surface area contributed by atoms with Crippen molar-refractivity contribution < 1.29 is 4.79 Å². The van der Waals surface area contributed by atoms with Gasteiger partial charge in [0.05, 0.1) is 5.75 Å². The summed E-state index contributed by atoms with van der Waals surface area (Å²) < 4.78 is 1.98. The van der Waals surface area contributed by atoms with Crippen molar-refractivity contribution in [2.45, 2.75) is 25.5 Å². The van der Waals surface area contributed by atoms with Crippen molar-refractivity contribution in [3.8, 4) is 11.4 Å². The topological polar surface area (TPSA) is 59.8 Å². The first-order chi connectivity index (χ1) is 13.1. The number of anilines is 1. The molecule has 0 saturated carbocycles. The van der Waals surface area contributed by atoms with Crippen molar-refractivity contribution in [3.05, 3.63) is 72.3 Å². The Morgan fingerprint density at radius 2 is 2.00 bits per heavy atom. The molecule has 1 N–H and O–H groups in total. The number of amides is 1. The minimum Gasteiger partial charge on any atom is -0.325 e. The first kappa shape index (κ1) is 18.9. The average Bonchev–Trinajstić information content (AvgIpc) is 3.05. The van der Waals surface area contributed by atoms with E-state index in [2.05, 4.69) is 28.2 Å². The van der Waals surface area contributed by atoms with Crippen LogP contribution in [0.1, 0.15) is 11.1 Å². The molecule has 0 fully saturated rings. The fourth-order valence-corrected chi connectivity index (χ4v) is 3.46. The highest BCUT2D eigenvalue weighted by Crippen LogP contribution is 2.25. The number of nitrogens with one attached hydrogen (secondary N) is 1. The van der Waals surface area contributed by atoms with Crippen LogP contribution >= 0.6 is 11.8 Å². The molecule has 1 heterocycles. The Morgan fingerprint density at radius 3 is 2.74 bits per heavy atom. The monoisotopic (exact) mass is 378 g/mol. The van der Waals surface area contributed by atoms with Gasteiger partial charge < -0.3 is 5.32 Å². The van der Waals surface area contributed by atoms with Crippen LogP contribution in [0.15, 0.2) is 66.3 Å². The fourth-order valence-electron chi connectivity index (χ4n) is 2.72. The van der Waals surface area contributed by atoms with E-state index in [1.807, 2.05) is 60.9 Å². The zero-order chi connectivity index (χ0) is 19.2. The number of benzene rings is 2. The molecule has 27 heavy (non-hydrogen) atoms. The Kier molecular flexibility index (Phi) is 6.08. The lowest BCUT2D eigenvalue weighted by molar-refractivity contribution is -0.113. The standard InChI is InChI=1S/C21H22N4OS/c1-4-12-25-20(17-10-7-8-15(2)13-17)23-24-21(25)27-14-19(26)22-18-11-6-5-9-16(18)3/h4-11,13H,1,12,14H2,2-3H3,(H,22,26). The SMILES string of the molecule is C=CCn1c(SCC(=O)Nc2ccccc2C)nnc1-c1cccc(C)c1. The van der Waals surface area contributed by atoms with Gasteiger partial charge in [0.25, 0.3) is 0 Å². The van der Waals surface area contributed by atoms with Crippen molar-refractivity contribution >= 4 is 23.4 Å². The molecule has 2 aromatic carbocycles. The molecule has 138 valence electrons. The third-order valence-corrected chi connectivity index (χ3v) is 5.02. The number of para-hydroxylation sites is 1. The first-order valence-corrected chi connectivity index (χ1v) is 9.66. The Morgan fingerprint density at radius 1 is 1.19 bits per heavy atom. The molecule has 1 aromatic heterocycles. The highest BCUT2D eigenvalue weighted by atomic mass is 32.2. The predicted octanol–water partition coefficient (Wildman–Crippen LogP) is 4.48. The largest absolute Gasteiger partial charge is 0.325 e. The van der Waals surface area contributed by atoms with Crippen molar-refractivity contribution in [1.29, 1.82) is 0 Å². The Balaban J connectivity index is 1.74. The second-order valence-electron chi connectivity index (χ2n) is 6.23. The van der Waals surface area contributed by atoms with E-state index in [1.54, 1.807) is 6.08 Å². The normalized spacial score (nSPS) is 10.6. The van der Waals surface area contributed by atoms with Gasteiger partial charge in [-0.25, -0.2) is 0 Å². The van der Waals surface area contributed by atoms with E-state index < -0.39 is 0 Å². The first-order valence-electron chi connectivity index (χ1n) is 8.68. The van der Waals surface area contributed by atoms with E-state index in [9.17, 15) is 4.79 Å². The molecule has 0 saturated heterocycles. The molecule has 0 aliphatic carbocycles. The molecule has 0 unspecified atom stereocenters. The second kappa shape index (κ2) is 8.68. The Labute approximate surface area is 163 Å². The quantitative estimate of drug-likeness (QED) is 0.486. The van der Waals surface area contributed by atoms with Gasteiger partial charge in [-0.1, -0.05) is 59.8 Å². The van der Waals surface area contributed by atoms with E-state index in [4.69, 9.17) is 0 Å². The summed E-state index contributed by atoms with van der Waals surface area (Å²) in [5.41, 5.74) is 4.02. The molecule has 6 heteroatoms. The summed E-state index contributed by atoms with van der Waals surface area (Å²) in [4.78, 5) is 12.3. The van der Waals surface area contributed by atoms with Crippen LogP contribution in [-0.2, 0) is 11.3 Å². The fraction of sp³-hybridized carbons (Fsp3) is 0.190. The highest BCUT2D eigenvalue weighted by molar-refractivity contribution is 7.99. The number of nitrogens with zero attached hydrogens (tertiary/aromatic N) is 3. The van der Waals surface area contributed by atoms with Crippen molar-refractivity contribution in [2.24, 2.45) is 0 Å². The Bertz CT molecular complexity index is 964. The lowest BCUT2D eigenvalue weighted by Gasteiger charge is -2.09. The number of aromatic nitrogens is 3. The second-order valence-corrected chi connectivity index (χ2v) is 7.17. The van der Waals surface area contributed by atoms with Crippen LogP contribution in [0.2, 0.25) is 0 Å². The number of thioether (sulfide) groups is 1. The summed E-state index contributed by atoms with van der Waals surface area (Å²) in [6.45, 7) is 8.42. The third-order valence-electron chi connectivity index (χ3n) is 4.06.